The Balaban J connectivity index is 1.99. The van der Waals surface area contributed by atoms with Gasteiger partial charge in [0.15, 0.2) is 0 Å². The molecule has 136 valence electrons. The molecule has 3 aromatic rings. The molecule has 4 rings (SSSR count). The Morgan fingerprint density at radius 3 is 2.00 bits per heavy atom. The van der Waals surface area contributed by atoms with Crippen LogP contribution in [0.25, 0.3) is 5.57 Å². The summed E-state index contributed by atoms with van der Waals surface area (Å²) in [5.74, 6) is -0.295. The van der Waals surface area contributed by atoms with Gasteiger partial charge in [-0.2, -0.15) is 0 Å². The van der Waals surface area contributed by atoms with Gasteiger partial charge in [-0.3, -0.25) is 4.79 Å². The molecule has 0 fully saturated rings. The lowest BCUT2D eigenvalue weighted by Gasteiger charge is -2.26. The Morgan fingerprint density at radius 1 is 0.821 bits per heavy atom. The van der Waals surface area contributed by atoms with Crippen molar-refractivity contribution in [1.29, 1.82) is 0 Å². The molecule has 0 spiro atoms. The van der Waals surface area contributed by atoms with E-state index >= 15 is 0 Å². The predicted molar refractivity (Wildman–Crippen MR) is 108 cm³/mol. The minimum Gasteiger partial charge on any atom is -0.405 e. The lowest BCUT2D eigenvalue weighted by Crippen LogP contribution is -2.33. The van der Waals surface area contributed by atoms with Crippen LogP contribution in [0, 0.1) is 0 Å². The Morgan fingerprint density at radius 2 is 1.39 bits per heavy atom. The maximum absolute atomic E-state index is 13.3. The highest BCUT2D eigenvalue weighted by atomic mass is 16.6. The Labute approximate surface area is 162 Å². The van der Waals surface area contributed by atoms with Crippen molar-refractivity contribution in [3.63, 3.8) is 0 Å². The fourth-order valence-electron chi connectivity index (χ4n) is 3.39. The number of nitrogens with zero attached hydrogens (tertiary/aromatic N) is 1. The summed E-state index contributed by atoms with van der Waals surface area (Å²) in [6, 6.07) is 27.7. The quantitative estimate of drug-likeness (QED) is 0.386. The molecule has 4 heteroatoms. The van der Waals surface area contributed by atoms with Crippen molar-refractivity contribution in [2.24, 2.45) is 4.99 Å². The predicted octanol–water partition coefficient (Wildman–Crippen LogP) is 4.17. The molecule has 1 aliphatic rings. The number of aldehydes is 1. The first-order valence-corrected chi connectivity index (χ1v) is 8.90. The molecule has 1 unspecified atom stereocenters. The molecule has 1 heterocycles. The van der Waals surface area contributed by atoms with E-state index in [0.29, 0.717) is 23.0 Å². The highest BCUT2D eigenvalue weighted by molar-refractivity contribution is 6.14. The van der Waals surface area contributed by atoms with E-state index in [1.807, 2.05) is 91.0 Å². The van der Waals surface area contributed by atoms with Crippen LogP contribution in [0.1, 0.15) is 16.7 Å². The summed E-state index contributed by atoms with van der Waals surface area (Å²) in [4.78, 5) is 29.5. The van der Waals surface area contributed by atoms with Gasteiger partial charge in [-0.1, -0.05) is 78.9 Å². The number of benzene rings is 3. The number of aliphatic imine (C=N–C) groups is 1. The van der Waals surface area contributed by atoms with Crippen molar-refractivity contribution in [2.75, 3.05) is 0 Å². The van der Waals surface area contributed by atoms with Crippen molar-refractivity contribution in [1.82, 2.24) is 0 Å². The summed E-state index contributed by atoms with van der Waals surface area (Å²) < 4.78 is 5.62. The van der Waals surface area contributed by atoms with Crippen molar-refractivity contribution < 1.29 is 14.3 Å². The summed E-state index contributed by atoms with van der Waals surface area (Å²) in [7, 11) is 0. The zero-order valence-electron chi connectivity index (χ0n) is 15.0. The molecule has 1 aliphatic heterocycles. The average molecular weight is 367 g/mol. The molecule has 0 aromatic heterocycles. The summed E-state index contributed by atoms with van der Waals surface area (Å²) >= 11 is 0. The highest BCUT2D eigenvalue weighted by Crippen LogP contribution is 2.44. The second-order valence-corrected chi connectivity index (χ2v) is 6.33. The van der Waals surface area contributed by atoms with Gasteiger partial charge < -0.3 is 4.74 Å². The summed E-state index contributed by atoms with van der Waals surface area (Å²) in [6.07, 6.45) is 2.07. The third kappa shape index (κ3) is 2.95. The van der Waals surface area contributed by atoms with Crippen molar-refractivity contribution >= 4 is 23.7 Å². The maximum atomic E-state index is 13.3. The molecule has 0 radical (unpaired) electrons. The van der Waals surface area contributed by atoms with Gasteiger partial charge in [-0.05, 0) is 29.3 Å². The third-order valence-electron chi connectivity index (χ3n) is 4.68. The molecule has 4 nitrogen and oxygen atoms in total. The van der Waals surface area contributed by atoms with Crippen LogP contribution in [-0.2, 0) is 19.9 Å². The second kappa shape index (κ2) is 7.45. The minimum atomic E-state index is -1.45. The monoisotopic (exact) mass is 367 g/mol. The van der Waals surface area contributed by atoms with Crippen LogP contribution in [0.4, 0.5) is 0 Å². The molecule has 3 aromatic carbocycles. The summed E-state index contributed by atoms with van der Waals surface area (Å²) in [5.41, 5.74) is 1.10. The van der Waals surface area contributed by atoms with Gasteiger partial charge in [0, 0.05) is 11.1 Å². The fourth-order valence-corrected chi connectivity index (χ4v) is 3.39. The number of ether oxygens (including phenoxy) is 1. The maximum Gasteiger partial charge on any atom is 0.350 e. The van der Waals surface area contributed by atoms with Crippen LogP contribution in [0.15, 0.2) is 102 Å². The van der Waals surface area contributed by atoms with Gasteiger partial charge >= 0.3 is 5.97 Å². The Kier molecular flexibility index (Phi) is 4.68. The summed E-state index contributed by atoms with van der Waals surface area (Å²) in [6.45, 7) is 0. The number of carbonyl (C=O) groups excluding carboxylic acids is 2. The van der Waals surface area contributed by atoms with Crippen LogP contribution in [0.2, 0.25) is 0 Å². The van der Waals surface area contributed by atoms with Crippen LogP contribution in [-0.4, -0.2) is 18.2 Å². The van der Waals surface area contributed by atoms with Gasteiger partial charge in [0.1, 0.15) is 6.29 Å². The van der Waals surface area contributed by atoms with Crippen molar-refractivity contribution in [3.05, 3.63) is 114 Å². The van der Waals surface area contributed by atoms with E-state index < -0.39 is 11.5 Å². The normalized spacial score (nSPS) is 19.1. The molecule has 0 bridgehead atoms. The van der Waals surface area contributed by atoms with Crippen LogP contribution < -0.4 is 0 Å². The third-order valence-corrected chi connectivity index (χ3v) is 4.68. The molecular weight excluding hydrogens is 350 g/mol. The standard InChI is InChI=1S/C24H17NO3/c26-17-16-21(18-10-4-1-5-11-18)24(20-14-8-3-9-15-20)23(27)28-22(25-24)19-12-6-2-7-13-19/h1-17H/b21-16-. The molecule has 0 saturated carbocycles. The Bertz CT molecular complexity index is 1060. The number of hydrogen-bond acceptors (Lipinski definition) is 4. The number of hydrogen-bond donors (Lipinski definition) is 0. The zero-order chi connectivity index (χ0) is 19.4. The van der Waals surface area contributed by atoms with E-state index in [-0.39, 0.29) is 5.90 Å². The van der Waals surface area contributed by atoms with Crippen molar-refractivity contribution in [2.45, 2.75) is 5.54 Å². The Hall–Kier alpha value is -3.79. The van der Waals surface area contributed by atoms with Gasteiger partial charge in [0.2, 0.25) is 11.4 Å². The van der Waals surface area contributed by atoms with E-state index in [1.165, 1.54) is 6.08 Å². The number of cyclic esters (lactones) is 1. The number of allylic oxidation sites excluding steroid dienone is 1. The smallest absolute Gasteiger partial charge is 0.350 e. The minimum absolute atomic E-state index is 0.238. The average Bonchev–Trinajstić information content (AvgIpc) is 3.12. The molecule has 0 aliphatic carbocycles. The highest BCUT2D eigenvalue weighted by Gasteiger charge is 2.51. The largest absolute Gasteiger partial charge is 0.405 e. The van der Waals surface area contributed by atoms with Crippen LogP contribution >= 0.6 is 0 Å². The first kappa shape index (κ1) is 17.6. The fraction of sp³-hybridized carbons (Fsp3) is 0.0417. The molecular formula is C24H17NO3. The van der Waals surface area contributed by atoms with E-state index in [0.717, 1.165) is 5.56 Å². The second-order valence-electron chi connectivity index (χ2n) is 6.33. The van der Waals surface area contributed by atoms with Gasteiger partial charge in [0.25, 0.3) is 0 Å². The lowest BCUT2D eigenvalue weighted by molar-refractivity contribution is -0.137. The van der Waals surface area contributed by atoms with Crippen LogP contribution in [0.3, 0.4) is 0 Å². The number of esters is 1. The zero-order valence-corrected chi connectivity index (χ0v) is 15.0. The summed E-state index contributed by atoms with van der Waals surface area (Å²) in [5, 5.41) is 0. The molecule has 0 N–H and O–H groups in total. The van der Waals surface area contributed by atoms with E-state index in [2.05, 4.69) is 0 Å². The molecule has 1 atom stereocenters. The number of rotatable bonds is 5. The first-order valence-electron chi connectivity index (χ1n) is 8.90. The number of carbonyl (C=O) groups is 2. The molecule has 0 amide bonds. The van der Waals surface area contributed by atoms with Gasteiger partial charge in [-0.25, -0.2) is 9.79 Å². The SMILES string of the molecule is O=C/C=C(/c1ccccc1)C1(c2ccccc2)N=C(c2ccccc2)OC1=O. The van der Waals surface area contributed by atoms with E-state index in [4.69, 9.17) is 9.73 Å². The molecule has 0 saturated heterocycles. The van der Waals surface area contributed by atoms with Gasteiger partial charge in [-0.15, -0.1) is 0 Å². The molecule has 28 heavy (non-hydrogen) atoms. The van der Waals surface area contributed by atoms with Crippen molar-refractivity contribution in [3.8, 4) is 0 Å². The van der Waals surface area contributed by atoms with E-state index in [1.54, 1.807) is 0 Å². The lowest BCUT2D eigenvalue weighted by atomic mass is 9.79. The topological polar surface area (TPSA) is 55.7 Å². The van der Waals surface area contributed by atoms with Crippen LogP contribution in [0.5, 0.6) is 0 Å². The first-order chi connectivity index (χ1) is 13.8. The van der Waals surface area contributed by atoms with E-state index in [9.17, 15) is 9.59 Å². The van der Waals surface area contributed by atoms with Gasteiger partial charge in [0.05, 0.1) is 0 Å².